The Morgan fingerprint density at radius 3 is 2.54 bits per heavy atom. The highest BCUT2D eigenvalue weighted by molar-refractivity contribution is 6.29. The number of rotatable bonds is 5. The second kappa shape index (κ2) is 7.33. The predicted octanol–water partition coefficient (Wildman–Crippen LogP) is 4.79. The van der Waals surface area contributed by atoms with Crippen LogP contribution in [0.25, 0.3) is 11.0 Å². The zero-order valence-corrected chi connectivity index (χ0v) is 14.3. The van der Waals surface area contributed by atoms with E-state index in [1.54, 1.807) is 24.3 Å². The Morgan fingerprint density at radius 1 is 1.12 bits per heavy atom. The van der Waals surface area contributed by atoms with Gasteiger partial charge in [-0.15, -0.1) is 0 Å². The van der Waals surface area contributed by atoms with E-state index < -0.39 is 12.8 Å². The number of hydrogen-bond donors (Lipinski definition) is 1. The fourth-order valence-electron chi connectivity index (χ4n) is 2.34. The van der Waals surface area contributed by atoms with E-state index in [-0.39, 0.29) is 11.8 Å². The van der Waals surface area contributed by atoms with Crippen LogP contribution in [0.15, 0.2) is 42.7 Å². The van der Waals surface area contributed by atoms with E-state index in [4.69, 9.17) is 16.3 Å². The Morgan fingerprint density at radius 2 is 1.85 bits per heavy atom. The molecular formula is C17H14ClF3N4O. The van der Waals surface area contributed by atoms with Crippen LogP contribution in [0.5, 0.6) is 5.75 Å². The van der Waals surface area contributed by atoms with Crippen LogP contribution in [0.4, 0.5) is 19.0 Å². The third-order valence-electron chi connectivity index (χ3n) is 3.60. The lowest BCUT2D eigenvalue weighted by atomic mass is 10.1. The number of fused-ring (bicyclic) bond motifs is 1. The lowest BCUT2D eigenvalue weighted by molar-refractivity contribution is -0.153. The fraction of sp³-hybridized carbons (Fsp3) is 0.235. The van der Waals surface area contributed by atoms with E-state index in [1.165, 1.54) is 18.5 Å². The van der Waals surface area contributed by atoms with Gasteiger partial charge in [0.25, 0.3) is 0 Å². The van der Waals surface area contributed by atoms with Crippen molar-refractivity contribution >= 4 is 28.5 Å². The molecule has 9 heteroatoms. The van der Waals surface area contributed by atoms with Gasteiger partial charge in [0, 0.05) is 6.04 Å². The van der Waals surface area contributed by atoms with Gasteiger partial charge in [-0.2, -0.15) is 13.2 Å². The topological polar surface area (TPSA) is 59.9 Å². The number of pyridine rings is 1. The van der Waals surface area contributed by atoms with Crippen molar-refractivity contribution in [1.82, 2.24) is 15.0 Å². The highest BCUT2D eigenvalue weighted by atomic mass is 35.5. The molecule has 26 heavy (non-hydrogen) atoms. The molecule has 3 rings (SSSR count). The summed E-state index contributed by atoms with van der Waals surface area (Å²) in [7, 11) is 0. The van der Waals surface area contributed by atoms with Crippen LogP contribution in [0.1, 0.15) is 18.5 Å². The van der Waals surface area contributed by atoms with E-state index in [2.05, 4.69) is 20.3 Å². The number of alkyl halides is 3. The molecule has 0 spiro atoms. The Labute approximate surface area is 152 Å². The molecule has 5 nitrogen and oxygen atoms in total. The molecule has 0 amide bonds. The molecule has 0 fully saturated rings. The molecule has 0 saturated carbocycles. The summed E-state index contributed by atoms with van der Waals surface area (Å²) >= 11 is 5.87. The van der Waals surface area contributed by atoms with Crippen LogP contribution >= 0.6 is 11.6 Å². The summed E-state index contributed by atoms with van der Waals surface area (Å²) in [6.07, 6.45) is -2.98. The molecule has 0 bridgehead atoms. The van der Waals surface area contributed by atoms with E-state index in [0.29, 0.717) is 22.0 Å². The summed E-state index contributed by atoms with van der Waals surface area (Å²) in [4.78, 5) is 12.4. The molecule has 0 aliphatic rings. The highest BCUT2D eigenvalue weighted by Crippen LogP contribution is 2.26. The average Bonchev–Trinajstić information content (AvgIpc) is 2.59. The van der Waals surface area contributed by atoms with Gasteiger partial charge in [-0.25, -0.2) is 15.0 Å². The highest BCUT2D eigenvalue weighted by Gasteiger charge is 2.28. The lowest BCUT2D eigenvalue weighted by Crippen LogP contribution is -2.19. The van der Waals surface area contributed by atoms with E-state index in [1.807, 2.05) is 6.92 Å². The van der Waals surface area contributed by atoms with Gasteiger partial charge in [-0.1, -0.05) is 23.7 Å². The molecule has 1 N–H and O–H groups in total. The molecule has 0 aliphatic heterocycles. The number of benzene rings is 1. The number of nitrogens with one attached hydrogen (secondary N) is 1. The maximum Gasteiger partial charge on any atom is 0.422 e. The first-order chi connectivity index (χ1) is 12.3. The van der Waals surface area contributed by atoms with Crippen LogP contribution in [0.2, 0.25) is 5.15 Å². The summed E-state index contributed by atoms with van der Waals surface area (Å²) in [5, 5.41) is 4.30. The number of hydrogen-bond acceptors (Lipinski definition) is 5. The second-order valence-electron chi connectivity index (χ2n) is 5.57. The van der Waals surface area contributed by atoms with Crippen LogP contribution in [0, 0.1) is 0 Å². The molecule has 1 unspecified atom stereocenters. The maximum absolute atomic E-state index is 12.2. The largest absolute Gasteiger partial charge is 0.484 e. The summed E-state index contributed by atoms with van der Waals surface area (Å²) in [6, 6.07) is 9.66. The molecule has 1 atom stereocenters. The number of ether oxygens (including phenoxy) is 1. The van der Waals surface area contributed by atoms with Crippen LogP contribution in [-0.2, 0) is 0 Å². The van der Waals surface area contributed by atoms with Crippen molar-refractivity contribution in [3.63, 3.8) is 0 Å². The molecule has 3 aromatic rings. The van der Waals surface area contributed by atoms with Crippen molar-refractivity contribution in [1.29, 1.82) is 0 Å². The van der Waals surface area contributed by atoms with Crippen molar-refractivity contribution in [2.75, 3.05) is 11.9 Å². The Kier molecular flexibility index (Phi) is 5.13. The van der Waals surface area contributed by atoms with E-state index in [0.717, 1.165) is 5.56 Å². The molecule has 1 aromatic carbocycles. The quantitative estimate of drug-likeness (QED) is 0.643. The van der Waals surface area contributed by atoms with Crippen molar-refractivity contribution in [3.05, 3.63) is 53.4 Å². The summed E-state index contributed by atoms with van der Waals surface area (Å²) in [6.45, 7) is 0.589. The van der Waals surface area contributed by atoms with Crippen LogP contribution in [0.3, 0.4) is 0 Å². The number of aromatic nitrogens is 3. The zero-order valence-electron chi connectivity index (χ0n) is 13.6. The van der Waals surface area contributed by atoms with Gasteiger partial charge in [0.15, 0.2) is 12.3 Å². The molecular weight excluding hydrogens is 369 g/mol. The minimum atomic E-state index is -4.36. The van der Waals surface area contributed by atoms with Gasteiger partial charge >= 0.3 is 6.18 Å². The third kappa shape index (κ3) is 4.51. The number of anilines is 1. The van der Waals surface area contributed by atoms with Crippen molar-refractivity contribution in [2.45, 2.75) is 19.1 Å². The van der Waals surface area contributed by atoms with Crippen molar-refractivity contribution < 1.29 is 17.9 Å². The summed E-state index contributed by atoms with van der Waals surface area (Å²) < 4.78 is 41.3. The van der Waals surface area contributed by atoms with E-state index in [9.17, 15) is 13.2 Å². The third-order valence-corrected chi connectivity index (χ3v) is 3.81. The smallest absolute Gasteiger partial charge is 0.422 e. The number of nitrogens with zero attached hydrogens (tertiary/aromatic N) is 3. The van der Waals surface area contributed by atoms with Crippen molar-refractivity contribution in [3.8, 4) is 5.75 Å². The van der Waals surface area contributed by atoms with Gasteiger partial charge in [-0.05, 0) is 36.8 Å². The maximum atomic E-state index is 12.2. The standard InChI is InChI=1S/C17H14ClF3N4O/c1-10(11-2-4-12(5-3-11)26-8-17(19,20)21)24-15-13-6-7-14(18)25-16(13)23-9-22-15/h2-7,9-10H,8H2,1H3,(H,22,23,24,25). The minimum absolute atomic E-state index is 0.152. The lowest BCUT2D eigenvalue weighted by Gasteiger charge is -2.16. The van der Waals surface area contributed by atoms with Gasteiger partial charge in [0.2, 0.25) is 0 Å². The first-order valence-corrected chi connectivity index (χ1v) is 8.03. The Bertz CT molecular complexity index is 903. The molecule has 0 aliphatic carbocycles. The normalized spacial score (nSPS) is 12.8. The van der Waals surface area contributed by atoms with Crippen LogP contribution in [-0.4, -0.2) is 27.7 Å². The average molecular weight is 383 g/mol. The van der Waals surface area contributed by atoms with Gasteiger partial charge < -0.3 is 10.1 Å². The minimum Gasteiger partial charge on any atom is -0.484 e. The molecule has 136 valence electrons. The molecule has 2 aromatic heterocycles. The first kappa shape index (κ1) is 18.2. The SMILES string of the molecule is CC(Nc1ncnc2nc(Cl)ccc12)c1ccc(OCC(F)(F)F)cc1. The zero-order chi connectivity index (χ0) is 18.7. The summed E-state index contributed by atoms with van der Waals surface area (Å²) in [5.41, 5.74) is 1.33. The van der Waals surface area contributed by atoms with Crippen molar-refractivity contribution in [2.24, 2.45) is 0 Å². The van der Waals surface area contributed by atoms with Gasteiger partial charge in [-0.3, -0.25) is 0 Å². The van der Waals surface area contributed by atoms with Crippen LogP contribution < -0.4 is 10.1 Å². The first-order valence-electron chi connectivity index (χ1n) is 7.65. The number of halogens is 4. The predicted molar refractivity (Wildman–Crippen MR) is 92.4 cm³/mol. The van der Waals surface area contributed by atoms with E-state index >= 15 is 0 Å². The summed E-state index contributed by atoms with van der Waals surface area (Å²) in [5.74, 6) is 0.744. The Balaban J connectivity index is 1.73. The Hall–Kier alpha value is -2.61. The molecule has 0 radical (unpaired) electrons. The molecule has 0 saturated heterocycles. The fourth-order valence-corrected chi connectivity index (χ4v) is 2.48. The van der Waals surface area contributed by atoms with Gasteiger partial charge in [0.05, 0.1) is 5.39 Å². The molecule has 2 heterocycles. The monoisotopic (exact) mass is 382 g/mol. The van der Waals surface area contributed by atoms with Gasteiger partial charge in [0.1, 0.15) is 23.0 Å². The second-order valence-corrected chi connectivity index (χ2v) is 5.95.